The SMILES string of the molecule is COC1(c2cc(F)cc(OCC#Cc3ccccc3Cl)c2)CCOCC1. The van der Waals surface area contributed by atoms with Crippen LogP contribution in [0.15, 0.2) is 42.5 Å². The van der Waals surface area contributed by atoms with Gasteiger partial charge < -0.3 is 14.2 Å². The number of benzene rings is 2. The molecule has 1 aliphatic rings. The fourth-order valence-corrected chi connectivity index (χ4v) is 3.22. The molecule has 5 heteroatoms. The van der Waals surface area contributed by atoms with Crippen LogP contribution in [-0.4, -0.2) is 26.9 Å². The lowest BCUT2D eigenvalue weighted by Gasteiger charge is -2.36. The van der Waals surface area contributed by atoms with Crippen LogP contribution in [0.25, 0.3) is 0 Å². The summed E-state index contributed by atoms with van der Waals surface area (Å²) in [4.78, 5) is 0. The van der Waals surface area contributed by atoms with Gasteiger partial charge in [-0.25, -0.2) is 4.39 Å². The Morgan fingerprint density at radius 1 is 1.19 bits per heavy atom. The van der Waals surface area contributed by atoms with Crippen LogP contribution in [0, 0.1) is 17.7 Å². The molecule has 1 aliphatic heterocycles. The average Bonchev–Trinajstić information content (AvgIpc) is 2.66. The van der Waals surface area contributed by atoms with Gasteiger partial charge in [0.25, 0.3) is 0 Å². The summed E-state index contributed by atoms with van der Waals surface area (Å²) < 4.78 is 30.9. The van der Waals surface area contributed by atoms with E-state index in [1.807, 2.05) is 24.3 Å². The van der Waals surface area contributed by atoms with Crippen molar-refractivity contribution in [1.82, 2.24) is 0 Å². The molecule has 26 heavy (non-hydrogen) atoms. The van der Waals surface area contributed by atoms with Crippen molar-refractivity contribution in [1.29, 1.82) is 0 Å². The van der Waals surface area contributed by atoms with Gasteiger partial charge >= 0.3 is 0 Å². The molecule has 0 bridgehead atoms. The maximum Gasteiger partial charge on any atom is 0.149 e. The zero-order valence-corrected chi connectivity index (χ0v) is 15.3. The van der Waals surface area contributed by atoms with Crippen molar-refractivity contribution in [2.24, 2.45) is 0 Å². The Balaban J connectivity index is 1.73. The minimum atomic E-state index is -0.540. The summed E-state index contributed by atoms with van der Waals surface area (Å²) in [7, 11) is 1.64. The van der Waals surface area contributed by atoms with Crippen molar-refractivity contribution >= 4 is 11.6 Å². The highest BCUT2D eigenvalue weighted by Crippen LogP contribution is 2.37. The van der Waals surface area contributed by atoms with Crippen LogP contribution in [-0.2, 0) is 15.1 Å². The summed E-state index contributed by atoms with van der Waals surface area (Å²) in [5, 5.41) is 0.592. The molecule has 1 fully saturated rings. The second kappa shape index (κ2) is 8.55. The molecule has 0 N–H and O–H groups in total. The maximum absolute atomic E-state index is 14.1. The van der Waals surface area contributed by atoms with Crippen molar-refractivity contribution in [3.05, 3.63) is 64.4 Å². The Kier molecular flexibility index (Phi) is 6.16. The van der Waals surface area contributed by atoms with E-state index in [0.717, 1.165) is 11.1 Å². The average molecular weight is 375 g/mol. The first-order valence-electron chi connectivity index (χ1n) is 8.43. The zero-order chi connectivity index (χ0) is 18.4. The third-order valence-electron chi connectivity index (χ3n) is 4.50. The van der Waals surface area contributed by atoms with Crippen molar-refractivity contribution in [2.45, 2.75) is 18.4 Å². The molecule has 0 aromatic heterocycles. The van der Waals surface area contributed by atoms with E-state index in [9.17, 15) is 4.39 Å². The number of ether oxygens (including phenoxy) is 3. The molecule has 0 unspecified atom stereocenters. The summed E-state index contributed by atoms with van der Waals surface area (Å²) in [6, 6.07) is 12.0. The van der Waals surface area contributed by atoms with Gasteiger partial charge in [-0.1, -0.05) is 35.6 Å². The summed E-state index contributed by atoms with van der Waals surface area (Å²) in [6.45, 7) is 1.31. The Hall–Kier alpha value is -2.06. The smallest absolute Gasteiger partial charge is 0.149 e. The fourth-order valence-electron chi connectivity index (χ4n) is 3.03. The molecule has 0 spiro atoms. The largest absolute Gasteiger partial charge is 0.481 e. The summed E-state index contributed by atoms with van der Waals surface area (Å²) in [5.74, 6) is 5.92. The van der Waals surface area contributed by atoms with Gasteiger partial charge in [0.2, 0.25) is 0 Å². The first-order valence-corrected chi connectivity index (χ1v) is 8.81. The molecule has 2 aromatic carbocycles. The molecule has 0 radical (unpaired) electrons. The Labute approximate surface area is 158 Å². The maximum atomic E-state index is 14.1. The molecule has 0 amide bonds. The quantitative estimate of drug-likeness (QED) is 0.734. The van der Waals surface area contributed by atoms with Crippen molar-refractivity contribution in [3.63, 3.8) is 0 Å². The number of hydrogen-bond acceptors (Lipinski definition) is 3. The highest BCUT2D eigenvalue weighted by molar-refractivity contribution is 6.31. The molecular weight excluding hydrogens is 355 g/mol. The monoisotopic (exact) mass is 374 g/mol. The van der Waals surface area contributed by atoms with E-state index in [0.29, 0.717) is 36.8 Å². The predicted octanol–water partition coefficient (Wildman–Crippen LogP) is 4.56. The topological polar surface area (TPSA) is 27.7 Å². The van der Waals surface area contributed by atoms with Crippen molar-refractivity contribution < 1.29 is 18.6 Å². The normalized spacial score (nSPS) is 15.8. The lowest BCUT2D eigenvalue weighted by atomic mass is 9.86. The number of halogens is 2. The van der Waals surface area contributed by atoms with Crippen LogP contribution in [0.1, 0.15) is 24.0 Å². The third kappa shape index (κ3) is 4.37. The zero-order valence-electron chi connectivity index (χ0n) is 14.6. The van der Waals surface area contributed by atoms with Crippen LogP contribution >= 0.6 is 11.6 Å². The van der Waals surface area contributed by atoms with E-state index in [4.69, 9.17) is 25.8 Å². The van der Waals surface area contributed by atoms with E-state index < -0.39 is 5.60 Å². The number of methoxy groups -OCH3 is 1. The van der Waals surface area contributed by atoms with E-state index in [2.05, 4.69) is 11.8 Å². The van der Waals surface area contributed by atoms with Crippen LogP contribution in [0.2, 0.25) is 5.02 Å². The van der Waals surface area contributed by atoms with Crippen LogP contribution < -0.4 is 4.74 Å². The van der Waals surface area contributed by atoms with Gasteiger partial charge in [0.15, 0.2) is 0 Å². The van der Waals surface area contributed by atoms with Gasteiger partial charge in [0, 0.05) is 44.8 Å². The van der Waals surface area contributed by atoms with E-state index in [-0.39, 0.29) is 12.4 Å². The van der Waals surface area contributed by atoms with Crippen molar-refractivity contribution in [3.8, 4) is 17.6 Å². The van der Waals surface area contributed by atoms with E-state index in [1.54, 1.807) is 13.2 Å². The second-order valence-corrected chi connectivity index (χ2v) is 6.46. The Morgan fingerprint density at radius 2 is 1.96 bits per heavy atom. The minimum Gasteiger partial charge on any atom is -0.481 e. The molecule has 3 rings (SSSR count). The highest BCUT2D eigenvalue weighted by Gasteiger charge is 2.35. The molecule has 2 aromatic rings. The second-order valence-electron chi connectivity index (χ2n) is 6.06. The standard InChI is InChI=1S/C21H20ClFO3/c1-24-21(8-11-25-12-9-21)17-13-18(23)15-19(14-17)26-10-4-6-16-5-2-3-7-20(16)22/h2-3,5,7,13-15H,8-12H2,1H3. The predicted molar refractivity (Wildman–Crippen MR) is 99.0 cm³/mol. The minimum absolute atomic E-state index is 0.136. The van der Waals surface area contributed by atoms with Gasteiger partial charge in [-0.05, 0) is 29.8 Å². The molecule has 136 valence electrons. The molecule has 1 heterocycles. The first kappa shape index (κ1) is 18.7. The number of rotatable bonds is 4. The fraction of sp³-hybridized carbons (Fsp3) is 0.333. The lowest BCUT2D eigenvalue weighted by Crippen LogP contribution is -2.35. The van der Waals surface area contributed by atoms with Gasteiger partial charge in [-0.15, -0.1) is 0 Å². The summed E-state index contributed by atoms with van der Waals surface area (Å²) in [5.41, 5.74) is 0.956. The third-order valence-corrected chi connectivity index (χ3v) is 4.83. The highest BCUT2D eigenvalue weighted by atomic mass is 35.5. The molecule has 0 aliphatic carbocycles. The summed E-state index contributed by atoms with van der Waals surface area (Å²) >= 11 is 6.06. The molecule has 0 saturated carbocycles. The van der Waals surface area contributed by atoms with Gasteiger partial charge in [0.1, 0.15) is 18.2 Å². The van der Waals surface area contributed by atoms with Crippen LogP contribution in [0.3, 0.4) is 0 Å². The first-order chi connectivity index (χ1) is 12.6. The van der Waals surface area contributed by atoms with Gasteiger partial charge in [-0.3, -0.25) is 0 Å². The van der Waals surface area contributed by atoms with Gasteiger partial charge in [0.05, 0.1) is 10.6 Å². The van der Waals surface area contributed by atoms with E-state index in [1.165, 1.54) is 12.1 Å². The molecular formula is C21H20ClFO3. The number of hydrogen-bond donors (Lipinski definition) is 0. The van der Waals surface area contributed by atoms with Crippen LogP contribution in [0.5, 0.6) is 5.75 Å². The van der Waals surface area contributed by atoms with E-state index >= 15 is 0 Å². The molecule has 1 saturated heterocycles. The Morgan fingerprint density at radius 3 is 2.69 bits per heavy atom. The lowest BCUT2D eigenvalue weighted by molar-refractivity contribution is -0.0950. The van der Waals surface area contributed by atoms with Crippen molar-refractivity contribution in [2.75, 3.05) is 26.9 Å². The molecule has 3 nitrogen and oxygen atoms in total. The van der Waals surface area contributed by atoms with Gasteiger partial charge in [-0.2, -0.15) is 0 Å². The summed E-state index contributed by atoms with van der Waals surface area (Å²) in [6.07, 6.45) is 1.36. The Bertz CT molecular complexity index is 819. The van der Waals surface area contributed by atoms with Crippen LogP contribution in [0.4, 0.5) is 4.39 Å². The molecule has 0 atom stereocenters.